The van der Waals surface area contributed by atoms with Gasteiger partial charge in [0.05, 0.1) is 6.20 Å². The van der Waals surface area contributed by atoms with E-state index in [-0.39, 0.29) is 11.8 Å². The second-order valence-corrected chi connectivity index (χ2v) is 6.49. The molecule has 0 bridgehead atoms. The molecule has 134 valence electrons. The van der Waals surface area contributed by atoms with Crippen LogP contribution in [0.4, 0.5) is 14.9 Å². The van der Waals surface area contributed by atoms with Crippen molar-refractivity contribution in [2.75, 3.05) is 31.1 Å². The molecule has 2 amide bonds. The first-order chi connectivity index (χ1) is 12.1. The minimum absolute atomic E-state index is 0.135. The largest absolute Gasteiger partial charge is 0.371 e. The summed E-state index contributed by atoms with van der Waals surface area (Å²) in [6, 6.07) is 6.43. The van der Waals surface area contributed by atoms with Crippen LogP contribution in [0.2, 0.25) is 0 Å². The Hall–Kier alpha value is -2.57. The number of rotatable bonds is 6. The molecule has 1 aromatic heterocycles. The van der Waals surface area contributed by atoms with Gasteiger partial charge in [-0.1, -0.05) is 0 Å². The van der Waals surface area contributed by atoms with E-state index in [0.29, 0.717) is 19.0 Å². The predicted molar refractivity (Wildman–Crippen MR) is 95.0 cm³/mol. The number of hydrogen-bond donors (Lipinski definition) is 2. The van der Waals surface area contributed by atoms with Gasteiger partial charge >= 0.3 is 6.03 Å². The monoisotopic (exact) mass is 345 g/mol. The molecular formula is C18H24FN5O. The van der Waals surface area contributed by atoms with Gasteiger partial charge in [0.1, 0.15) is 5.82 Å². The molecule has 1 aliphatic rings. The fourth-order valence-electron chi connectivity index (χ4n) is 3.11. The highest BCUT2D eigenvalue weighted by atomic mass is 19.1. The van der Waals surface area contributed by atoms with Gasteiger partial charge in [0, 0.05) is 45.1 Å². The van der Waals surface area contributed by atoms with E-state index in [0.717, 1.165) is 37.2 Å². The van der Waals surface area contributed by atoms with Crippen molar-refractivity contribution in [1.29, 1.82) is 0 Å². The molecule has 3 rings (SSSR count). The standard InChI is InChI=1S/C18H24FN5O/c1-23-12-14(11-22-23)6-8-20-18(25)21-10-15-7-9-24(13-15)17-4-2-16(19)3-5-17/h2-5,11-12,15H,6-10,13H2,1H3,(H2,20,21,25). The van der Waals surface area contributed by atoms with Crippen LogP contribution in [-0.4, -0.2) is 42.0 Å². The minimum Gasteiger partial charge on any atom is -0.371 e. The van der Waals surface area contributed by atoms with Crippen molar-refractivity contribution in [2.24, 2.45) is 13.0 Å². The number of carbonyl (C=O) groups excluding carboxylic acids is 1. The Morgan fingerprint density at radius 1 is 1.32 bits per heavy atom. The topological polar surface area (TPSA) is 62.2 Å². The number of carbonyl (C=O) groups is 1. The van der Waals surface area contributed by atoms with Gasteiger partial charge in [-0.15, -0.1) is 0 Å². The molecule has 0 radical (unpaired) electrons. The Labute approximate surface area is 147 Å². The molecule has 1 fully saturated rings. The first kappa shape index (κ1) is 17.3. The molecule has 6 nitrogen and oxygen atoms in total. The third-order valence-corrected chi connectivity index (χ3v) is 4.49. The molecule has 1 aromatic carbocycles. The van der Waals surface area contributed by atoms with Crippen molar-refractivity contribution in [3.63, 3.8) is 0 Å². The Morgan fingerprint density at radius 2 is 2.12 bits per heavy atom. The van der Waals surface area contributed by atoms with Crippen LogP contribution in [0.5, 0.6) is 0 Å². The lowest BCUT2D eigenvalue weighted by Crippen LogP contribution is -2.39. The van der Waals surface area contributed by atoms with E-state index in [9.17, 15) is 9.18 Å². The van der Waals surface area contributed by atoms with Crippen LogP contribution >= 0.6 is 0 Å². The van der Waals surface area contributed by atoms with Crippen LogP contribution in [0.1, 0.15) is 12.0 Å². The summed E-state index contributed by atoms with van der Waals surface area (Å²) >= 11 is 0. The normalized spacial score (nSPS) is 16.9. The fourth-order valence-corrected chi connectivity index (χ4v) is 3.11. The third-order valence-electron chi connectivity index (χ3n) is 4.49. The summed E-state index contributed by atoms with van der Waals surface area (Å²) in [5.41, 5.74) is 2.14. The average molecular weight is 345 g/mol. The molecule has 0 aliphatic carbocycles. The highest BCUT2D eigenvalue weighted by Crippen LogP contribution is 2.23. The number of nitrogens with one attached hydrogen (secondary N) is 2. The van der Waals surface area contributed by atoms with Crippen LogP contribution < -0.4 is 15.5 Å². The number of urea groups is 1. The molecule has 1 aliphatic heterocycles. The van der Waals surface area contributed by atoms with Gasteiger partial charge in [0.25, 0.3) is 0 Å². The van der Waals surface area contributed by atoms with E-state index in [1.54, 1.807) is 16.8 Å². The fraction of sp³-hybridized carbons (Fsp3) is 0.444. The molecule has 0 saturated carbocycles. The zero-order chi connectivity index (χ0) is 17.6. The van der Waals surface area contributed by atoms with Crippen LogP contribution in [-0.2, 0) is 13.5 Å². The van der Waals surface area contributed by atoms with E-state index in [4.69, 9.17) is 0 Å². The lowest BCUT2D eigenvalue weighted by Gasteiger charge is -2.19. The lowest BCUT2D eigenvalue weighted by molar-refractivity contribution is 0.239. The number of nitrogens with zero attached hydrogens (tertiary/aromatic N) is 3. The maximum Gasteiger partial charge on any atom is 0.314 e. The molecule has 2 N–H and O–H groups in total. The molecule has 1 unspecified atom stereocenters. The smallest absolute Gasteiger partial charge is 0.314 e. The van der Waals surface area contributed by atoms with Crippen molar-refractivity contribution in [3.05, 3.63) is 48.0 Å². The molecule has 1 atom stereocenters. The van der Waals surface area contributed by atoms with Gasteiger partial charge in [-0.05, 0) is 48.6 Å². The van der Waals surface area contributed by atoms with Crippen LogP contribution in [0.15, 0.2) is 36.7 Å². The van der Waals surface area contributed by atoms with E-state index in [1.807, 2.05) is 19.4 Å². The minimum atomic E-state index is -0.218. The Morgan fingerprint density at radius 3 is 2.84 bits per heavy atom. The van der Waals surface area contributed by atoms with Crippen molar-refractivity contribution < 1.29 is 9.18 Å². The van der Waals surface area contributed by atoms with Crippen molar-refractivity contribution >= 4 is 11.7 Å². The number of anilines is 1. The Kier molecular flexibility index (Phi) is 5.53. The van der Waals surface area contributed by atoms with Gasteiger partial charge in [-0.2, -0.15) is 5.10 Å². The number of aryl methyl sites for hydroxylation is 1. The predicted octanol–water partition coefficient (Wildman–Crippen LogP) is 1.93. The summed E-state index contributed by atoms with van der Waals surface area (Å²) in [6.07, 6.45) is 5.54. The van der Waals surface area contributed by atoms with E-state index >= 15 is 0 Å². The molecule has 2 aromatic rings. The number of benzene rings is 1. The third kappa shape index (κ3) is 4.95. The van der Waals surface area contributed by atoms with Gasteiger partial charge in [-0.3, -0.25) is 4.68 Å². The molecule has 2 heterocycles. The lowest BCUT2D eigenvalue weighted by atomic mass is 10.1. The van der Waals surface area contributed by atoms with E-state index in [1.165, 1.54) is 12.1 Å². The van der Waals surface area contributed by atoms with Crippen LogP contribution in [0.3, 0.4) is 0 Å². The van der Waals surface area contributed by atoms with E-state index < -0.39 is 0 Å². The maximum absolute atomic E-state index is 13.0. The second kappa shape index (κ2) is 8.00. The first-order valence-corrected chi connectivity index (χ1v) is 8.60. The van der Waals surface area contributed by atoms with Crippen molar-refractivity contribution in [1.82, 2.24) is 20.4 Å². The zero-order valence-corrected chi connectivity index (χ0v) is 14.4. The summed E-state index contributed by atoms with van der Waals surface area (Å²) < 4.78 is 14.7. The van der Waals surface area contributed by atoms with Gasteiger partial charge in [0.2, 0.25) is 0 Å². The SMILES string of the molecule is Cn1cc(CCNC(=O)NCC2CCN(c3ccc(F)cc3)C2)cn1. The summed E-state index contributed by atoms with van der Waals surface area (Å²) in [7, 11) is 1.88. The van der Waals surface area contributed by atoms with E-state index in [2.05, 4.69) is 20.6 Å². The quantitative estimate of drug-likeness (QED) is 0.841. The molecular weight excluding hydrogens is 321 g/mol. The molecule has 7 heteroatoms. The number of hydrogen-bond acceptors (Lipinski definition) is 3. The second-order valence-electron chi connectivity index (χ2n) is 6.49. The van der Waals surface area contributed by atoms with Crippen molar-refractivity contribution in [2.45, 2.75) is 12.8 Å². The average Bonchev–Trinajstić information content (AvgIpc) is 3.23. The van der Waals surface area contributed by atoms with Crippen LogP contribution in [0.25, 0.3) is 0 Å². The Bertz CT molecular complexity index is 700. The highest BCUT2D eigenvalue weighted by Gasteiger charge is 2.23. The van der Waals surface area contributed by atoms with Crippen molar-refractivity contribution in [3.8, 4) is 0 Å². The number of aromatic nitrogens is 2. The first-order valence-electron chi connectivity index (χ1n) is 8.60. The van der Waals surface area contributed by atoms with Gasteiger partial charge in [0.15, 0.2) is 0 Å². The summed E-state index contributed by atoms with van der Waals surface area (Å²) in [6.45, 7) is 3.04. The molecule has 1 saturated heterocycles. The summed E-state index contributed by atoms with van der Waals surface area (Å²) in [5.74, 6) is 0.193. The van der Waals surface area contributed by atoms with Crippen LogP contribution in [0, 0.1) is 11.7 Å². The number of halogens is 1. The Balaban J connectivity index is 1.34. The number of amides is 2. The summed E-state index contributed by atoms with van der Waals surface area (Å²) in [5, 5.41) is 9.91. The maximum atomic E-state index is 13.0. The molecule has 25 heavy (non-hydrogen) atoms. The summed E-state index contributed by atoms with van der Waals surface area (Å²) in [4.78, 5) is 14.1. The van der Waals surface area contributed by atoms with Gasteiger partial charge in [-0.25, -0.2) is 9.18 Å². The van der Waals surface area contributed by atoms with Gasteiger partial charge < -0.3 is 15.5 Å². The molecule has 0 spiro atoms. The zero-order valence-electron chi connectivity index (χ0n) is 14.4. The highest BCUT2D eigenvalue weighted by molar-refractivity contribution is 5.73.